The van der Waals surface area contributed by atoms with E-state index in [1.807, 2.05) is 0 Å². The molecule has 2 rings (SSSR count). The third-order valence-corrected chi connectivity index (χ3v) is 4.68. The van der Waals surface area contributed by atoms with Crippen LogP contribution in [0.25, 0.3) is 0 Å². The number of nitrogens with zero attached hydrogens (tertiary/aromatic N) is 1. The summed E-state index contributed by atoms with van der Waals surface area (Å²) in [6, 6.07) is 0.897. The van der Waals surface area contributed by atoms with Gasteiger partial charge in [-0.05, 0) is 77.0 Å². The Morgan fingerprint density at radius 1 is 1.18 bits per heavy atom. The van der Waals surface area contributed by atoms with E-state index in [1.54, 1.807) is 0 Å². The molecule has 0 amide bonds. The van der Waals surface area contributed by atoms with Crippen molar-refractivity contribution in [2.24, 2.45) is 5.92 Å². The van der Waals surface area contributed by atoms with Crippen molar-refractivity contribution in [3.05, 3.63) is 0 Å². The van der Waals surface area contributed by atoms with Gasteiger partial charge in [0.2, 0.25) is 0 Å². The van der Waals surface area contributed by atoms with Crippen LogP contribution < -0.4 is 5.32 Å². The first-order valence-electron chi connectivity index (χ1n) is 7.85. The first-order chi connectivity index (χ1) is 8.40. The van der Waals surface area contributed by atoms with Gasteiger partial charge in [-0.25, -0.2) is 0 Å². The van der Waals surface area contributed by atoms with Gasteiger partial charge < -0.3 is 10.2 Å². The molecule has 17 heavy (non-hydrogen) atoms. The smallest absolute Gasteiger partial charge is 0.00926 e. The van der Waals surface area contributed by atoms with Gasteiger partial charge in [0.15, 0.2) is 0 Å². The van der Waals surface area contributed by atoms with E-state index in [2.05, 4.69) is 17.1 Å². The summed E-state index contributed by atoms with van der Waals surface area (Å²) >= 11 is 0. The molecule has 0 spiro atoms. The Morgan fingerprint density at radius 2 is 2.12 bits per heavy atom. The minimum absolute atomic E-state index is 0.897. The minimum atomic E-state index is 0.897. The molecule has 0 radical (unpaired) electrons. The second-order valence-corrected chi connectivity index (χ2v) is 5.95. The lowest BCUT2D eigenvalue weighted by molar-refractivity contribution is 0.138. The van der Waals surface area contributed by atoms with Crippen LogP contribution in [-0.2, 0) is 0 Å². The Labute approximate surface area is 107 Å². The fourth-order valence-corrected chi connectivity index (χ4v) is 3.57. The molecule has 2 aliphatic heterocycles. The molecule has 2 atom stereocenters. The van der Waals surface area contributed by atoms with Crippen molar-refractivity contribution in [3.8, 4) is 0 Å². The first kappa shape index (κ1) is 13.4. The molecule has 2 fully saturated rings. The van der Waals surface area contributed by atoms with Crippen molar-refractivity contribution in [2.45, 2.75) is 64.3 Å². The van der Waals surface area contributed by atoms with Crippen LogP contribution in [0.1, 0.15) is 58.3 Å². The van der Waals surface area contributed by atoms with Crippen LogP contribution in [0.15, 0.2) is 0 Å². The zero-order valence-corrected chi connectivity index (χ0v) is 11.6. The van der Waals surface area contributed by atoms with Gasteiger partial charge in [-0.3, -0.25) is 0 Å². The van der Waals surface area contributed by atoms with Gasteiger partial charge in [0, 0.05) is 6.04 Å². The van der Waals surface area contributed by atoms with E-state index in [9.17, 15) is 0 Å². The Morgan fingerprint density at radius 3 is 2.88 bits per heavy atom. The van der Waals surface area contributed by atoms with Gasteiger partial charge in [-0.2, -0.15) is 0 Å². The highest BCUT2D eigenvalue weighted by Gasteiger charge is 2.20. The standard InChI is InChI=1S/C15H30N2/c1-2-15-9-3-4-11-17(15)12-6-8-14-7-5-10-16-13-14/h14-16H,2-13H2,1H3. The largest absolute Gasteiger partial charge is 0.316 e. The topological polar surface area (TPSA) is 15.3 Å². The molecule has 0 aromatic heterocycles. The number of likely N-dealkylation sites (tertiary alicyclic amines) is 1. The molecule has 2 nitrogen and oxygen atoms in total. The lowest BCUT2D eigenvalue weighted by Gasteiger charge is -2.35. The molecular formula is C15H30N2. The van der Waals surface area contributed by atoms with Crippen LogP contribution >= 0.6 is 0 Å². The summed E-state index contributed by atoms with van der Waals surface area (Å²) in [5.74, 6) is 0.966. The van der Waals surface area contributed by atoms with E-state index in [0.29, 0.717) is 0 Å². The van der Waals surface area contributed by atoms with Crippen LogP contribution in [0.5, 0.6) is 0 Å². The highest BCUT2D eigenvalue weighted by atomic mass is 15.2. The number of rotatable bonds is 5. The zero-order chi connectivity index (χ0) is 11.9. The number of hydrogen-bond donors (Lipinski definition) is 1. The average Bonchev–Trinajstić information content (AvgIpc) is 2.40. The van der Waals surface area contributed by atoms with Crippen molar-refractivity contribution >= 4 is 0 Å². The first-order valence-corrected chi connectivity index (χ1v) is 7.85. The van der Waals surface area contributed by atoms with E-state index in [-0.39, 0.29) is 0 Å². The van der Waals surface area contributed by atoms with Crippen molar-refractivity contribution < 1.29 is 0 Å². The maximum atomic E-state index is 3.53. The quantitative estimate of drug-likeness (QED) is 0.792. The Bertz CT molecular complexity index is 199. The molecule has 0 aromatic carbocycles. The lowest BCUT2D eigenvalue weighted by Crippen LogP contribution is -2.40. The zero-order valence-electron chi connectivity index (χ0n) is 11.6. The summed E-state index contributed by atoms with van der Waals surface area (Å²) < 4.78 is 0. The Balaban J connectivity index is 1.62. The third kappa shape index (κ3) is 4.26. The Kier molecular flexibility index (Phi) is 5.79. The fourth-order valence-electron chi connectivity index (χ4n) is 3.57. The van der Waals surface area contributed by atoms with Gasteiger partial charge in [-0.1, -0.05) is 13.3 Å². The molecule has 2 aliphatic rings. The lowest BCUT2D eigenvalue weighted by atomic mass is 9.94. The maximum Gasteiger partial charge on any atom is 0.00926 e. The average molecular weight is 238 g/mol. The molecule has 0 aromatic rings. The molecule has 2 unspecified atom stereocenters. The molecule has 2 heterocycles. The maximum absolute atomic E-state index is 3.53. The Hall–Kier alpha value is -0.0800. The van der Waals surface area contributed by atoms with Gasteiger partial charge >= 0.3 is 0 Å². The van der Waals surface area contributed by atoms with Crippen molar-refractivity contribution in [2.75, 3.05) is 26.2 Å². The van der Waals surface area contributed by atoms with E-state index in [4.69, 9.17) is 0 Å². The minimum Gasteiger partial charge on any atom is -0.316 e. The van der Waals surface area contributed by atoms with Crippen LogP contribution in [0, 0.1) is 5.92 Å². The molecule has 2 saturated heterocycles. The van der Waals surface area contributed by atoms with Crippen LogP contribution in [-0.4, -0.2) is 37.1 Å². The van der Waals surface area contributed by atoms with Crippen molar-refractivity contribution in [1.29, 1.82) is 0 Å². The second kappa shape index (κ2) is 7.38. The summed E-state index contributed by atoms with van der Waals surface area (Å²) in [4.78, 5) is 2.76. The fraction of sp³-hybridized carbons (Fsp3) is 1.00. The van der Waals surface area contributed by atoms with E-state index >= 15 is 0 Å². The highest BCUT2D eigenvalue weighted by molar-refractivity contribution is 4.76. The third-order valence-electron chi connectivity index (χ3n) is 4.68. The van der Waals surface area contributed by atoms with Gasteiger partial charge in [-0.15, -0.1) is 0 Å². The van der Waals surface area contributed by atoms with Gasteiger partial charge in [0.1, 0.15) is 0 Å². The number of hydrogen-bond acceptors (Lipinski definition) is 2. The normalized spacial score (nSPS) is 31.6. The predicted molar refractivity (Wildman–Crippen MR) is 74.3 cm³/mol. The summed E-state index contributed by atoms with van der Waals surface area (Å²) in [5.41, 5.74) is 0. The second-order valence-electron chi connectivity index (χ2n) is 5.95. The summed E-state index contributed by atoms with van der Waals surface area (Å²) in [6.07, 6.45) is 11.4. The summed E-state index contributed by atoms with van der Waals surface area (Å²) in [7, 11) is 0. The van der Waals surface area contributed by atoms with Gasteiger partial charge in [0.25, 0.3) is 0 Å². The van der Waals surface area contributed by atoms with Gasteiger partial charge in [0.05, 0.1) is 0 Å². The van der Waals surface area contributed by atoms with E-state index in [0.717, 1.165) is 12.0 Å². The molecule has 0 bridgehead atoms. The van der Waals surface area contributed by atoms with E-state index in [1.165, 1.54) is 77.5 Å². The summed E-state index contributed by atoms with van der Waals surface area (Å²) in [6.45, 7) is 7.60. The predicted octanol–water partition coefficient (Wildman–Crippen LogP) is 3.03. The molecule has 100 valence electrons. The molecule has 2 heteroatoms. The molecular weight excluding hydrogens is 208 g/mol. The number of piperidine rings is 2. The van der Waals surface area contributed by atoms with Crippen LogP contribution in [0.2, 0.25) is 0 Å². The molecule has 0 saturated carbocycles. The SMILES string of the molecule is CCC1CCCCN1CCCC1CCCNC1. The molecule has 1 N–H and O–H groups in total. The van der Waals surface area contributed by atoms with Crippen LogP contribution in [0.3, 0.4) is 0 Å². The van der Waals surface area contributed by atoms with E-state index < -0.39 is 0 Å². The van der Waals surface area contributed by atoms with Crippen molar-refractivity contribution in [3.63, 3.8) is 0 Å². The molecule has 0 aliphatic carbocycles. The number of nitrogens with one attached hydrogen (secondary N) is 1. The monoisotopic (exact) mass is 238 g/mol. The van der Waals surface area contributed by atoms with Crippen molar-refractivity contribution in [1.82, 2.24) is 10.2 Å². The highest BCUT2D eigenvalue weighted by Crippen LogP contribution is 2.21. The van der Waals surface area contributed by atoms with Crippen LogP contribution in [0.4, 0.5) is 0 Å². The summed E-state index contributed by atoms with van der Waals surface area (Å²) in [5, 5.41) is 3.53.